The van der Waals surface area contributed by atoms with E-state index in [9.17, 15) is 4.79 Å². The van der Waals surface area contributed by atoms with Gasteiger partial charge in [-0.1, -0.05) is 25.8 Å². The highest BCUT2D eigenvalue weighted by molar-refractivity contribution is 5.91. The number of nitrogens with zero attached hydrogens (tertiary/aromatic N) is 2. The molecule has 4 heteroatoms. The van der Waals surface area contributed by atoms with E-state index in [1.54, 1.807) is 6.20 Å². The Kier molecular flexibility index (Phi) is 4.56. The molecule has 1 N–H and O–H groups in total. The molecule has 1 amide bonds. The highest BCUT2D eigenvalue weighted by atomic mass is 16.2. The number of aromatic nitrogens is 2. The Balaban J connectivity index is 1.67. The summed E-state index contributed by atoms with van der Waals surface area (Å²) in [6.45, 7) is 3.72. The Morgan fingerprint density at radius 1 is 1.41 bits per heavy atom. The van der Waals surface area contributed by atoms with Gasteiger partial charge in [0.15, 0.2) is 0 Å². The molecule has 22 heavy (non-hydrogen) atoms. The van der Waals surface area contributed by atoms with Crippen molar-refractivity contribution in [3.05, 3.63) is 36.2 Å². The lowest BCUT2D eigenvalue weighted by Crippen LogP contribution is -2.34. The lowest BCUT2D eigenvalue weighted by atomic mass is 9.99. The minimum atomic E-state index is 0.296. The third-order valence-corrected chi connectivity index (χ3v) is 4.35. The largest absolute Gasteiger partial charge is 0.346 e. The van der Waals surface area contributed by atoms with Crippen LogP contribution in [-0.4, -0.2) is 33.9 Å². The minimum Gasteiger partial charge on any atom is -0.346 e. The van der Waals surface area contributed by atoms with E-state index in [2.05, 4.69) is 29.0 Å². The Bertz CT molecular complexity index is 686. The third kappa shape index (κ3) is 3.06. The second-order valence-corrected chi connectivity index (χ2v) is 5.88. The number of amides is 1. The molecule has 0 saturated carbocycles. The van der Waals surface area contributed by atoms with Crippen molar-refractivity contribution in [2.24, 2.45) is 0 Å². The summed E-state index contributed by atoms with van der Waals surface area (Å²) in [6, 6.07) is 4.06. The maximum atomic E-state index is 12.2. The second kappa shape index (κ2) is 6.77. The van der Waals surface area contributed by atoms with Gasteiger partial charge in [-0.05, 0) is 30.5 Å². The molecule has 3 heterocycles. The van der Waals surface area contributed by atoms with E-state index in [4.69, 9.17) is 0 Å². The van der Waals surface area contributed by atoms with Gasteiger partial charge < -0.3 is 9.88 Å². The summed E-state index contributed by atoms with van der Waals surface area (Å²) < 4.78 is 0. The number of pyridine rings is 1. The molecule has 0 fully saturated rings. The van der Waals surface area contributed by atoms with Crippen molar-refractivity contribution < 1.29 is 4.79 Å². The zero-order valence-corrected chi connectivity index (χ0v) is 13.1. The smallest absolute Gasteiger partial charge is 0.222 e. The number of hydrogen-bond acceptors (Lipinski definition) is 2. The zero-order valence-electron chi connectivity index (χ0n) is 13.1. The van der Waals surface area contributed by atoms with Crippen LogP contribution in [0, 0.1) is 0 Å². The molecular weight excluding hydrogens is 274 g/mol. The highest BCUT2D eigenvalue weighted by Crippen LogP contribution is 2.28. The standard InChI is InChI=1S/C18H23N3O/c1-2-3-4-7-17(22)21-11-8-14(9-12-21)16-13-20-18-15(16)6-5-10-19-18/h5-6,8,10,13H,2-4,7,9,11-12H2,1H3,(H,19,20). The SMILES string of the molecule is CCCCCC(=O)N1CC=C(c2c[nH]c3ncccc23)CC1. The van der Waals surface area contributed by atoms with Crippen LogP contribution in [0.15, 0.2) is 30.6 Å². The first kappa shape index (κ1) is 14.8. The maximum Gasteiger partial charge on any atom is 0.222 e. The van der Waals surface area contributed by atoms with Crippen LogP contribution in [0.2, 0.25) is 0 Å². The van der Waals surface area contributed by atoms with Gasteiger partial charge in [0, 0.05) is 42.9 Å². The van der Waals surface area contributed by atoms with Crippen LogP contribution in [0.3, 0.4) is 0 Å². The normalized spacial score (nSPS) is 15.1. The van der Waals surface area contributed by atoms with E-state index >= 15 is 0 Å². The molecule has 0 aromatic carbocycles. The van der Waals surface area contributed by atoms with Crippen LogP contribution >= 0.6 is 0 Å². The van der Waals surface area contributed by atoms with E-state index in [0.717, 1.165) is 49.8 Å². The first-order chi connectivity index (χ1) is 10.8. The van der Waals surface area contributed by atoms with E-state index in [1.165, 1.54) is 11.1 Å². The van der Waals surface area contributed by atoms with Gasteiger partial charge in [-0.2, -0.15) is 0 Å². The maximum absolute atomic E-state index is 12.2. The summed E-state index contributed by atoms with van der Waals surface area (Å²) >= 11 is 0. The Hall–Kier alpha value is -2.10. The molecule has 4 nitrogen and oxygen atoms in total. The van der Waals surface area contributed by atoms with Crippen LogP contribution in [0.5, 0.6) is 0 Å². The minimum absolute atomic E-state index is 0.296. The fourth-order valence-electron chi connectivity index (χ4n) is 3.05. The molecule has 116 valence electrons. The molecule has 0 radical (unpaired) electrons. The molecule has 3 rings (SSSR count). The zero-order chi connectivity index (χ0) is 15.4. The number of rotatable bonds is 5. The topological polar surface area (TPSA) is 49.0 Å². The van der Waals surface area contributed by atoms with Crippen molar-refractivity contribution in [3.8, 4) is 0 Å². The van der Waals surface area contributed by atoms with Crippen LogP contribution in [0.25, 0.3) is 16.6 Å². The number of H-pyrrole nitrogens is 1. The van der Waals surface area contributed by atoms with Crippen molar-refractivity contribution in [3.63, 3.8) is 0 Å². The van der Waals surface area contributed by atoms with Crippen molar-refractivity contribution in [2.75, 3.05) is 13.1 Å². The summed E-state index contributed by atoms with van der Waals surface area (Å²) in [6.07, 6.45) is 10.9. The first-order valence-electron chi connectivity index (χ1n) is 8.19. The summed E-state index contributed by atoms with van der Waals surface area (Å²) in [5.41, 5.74) is 3.47. The van der Waals surface area contributed by atoms with Gasteiger partial charge in [-0.25, -0.2) is 4.98 Å². The number of hydrogen-bond donors (Lipinski definition) is 1. The van der Waals surface area contributed by atoms with Crippen LogP contribution in [-0.2, 0) is 4.79 Å². The Labute approximate surface area is 131 Å². The van der Waals surface area contributed by atoms with Gasteiger partial charge in [-0.3, -0.25) is 4.79 Å². The Morgan fingerprint density at radius 3 is 3.09 bits per heavy atom. The van der Waals surface area contributed by atoms with E-state index in [-0.39, 0.29) is 0 Å². The molecule has 0 bridgehead atoms. The van der Waals surface area contributed by atoms with E-state index < -0.39 is 0 Å². The van der Waals surface area contributed by atoms with Crippen molar-refractivity contribution in [2.45, 2.75) is 39.0 Å². The Morgan fingerprint density at radius 2 is 2.32 bits per heavy atom. The number of fused-ring (bicyclic) bond motifs is 1. The molecule has 0 saturated heterocycles. The lowest BCUT2D eigenvalue weighted by molar-refractivity contribution is -0.130. The fourth-order valence-corrected chi connectivity index (χ4v) is 3.05. The molecule has 2 aromatic rings. The predicted octanol–water partition coefficient (Wildman–Crippen LogP) is 3.76. The number of aromatic amines is 1. The van der Waals surface area contributed by atoms with Gasteiger partial charge in [0.05, 0.1) is 0 Å². The fraction of sp³-hybridized carbons (Fsp3) is 0.444. The van der Waals surface area contributed by atoms with Crippen molar-refractivity contribution in [1.29, 1.82) is 0 Å². The lowest BCUT2D eigenvalue weighted by Gasteiger charge is -2.26. The van der Waals surface area contributed by atoms with Gasteiger partial charge >= 0.3 is 0 Å². The van der Waals surface area contributed by atoms with Gasteiger partial charge in [-0.15, -0.1) is 0 Å². The first-order valence-corrected chi connectivity index (χ1v) is 8.19. The van der Waals surface area contributed by atoms with Crippen molar-refractivity contribution >= 4 is 22.5 Å². The molecule has 0 aliphatic carbocycles. The predicted molar refractivity (Wildman–Crippen MR) is 89.4 cm³/mol. The third-order valence-electron chi connectivity index (χ3n) is 4.35. The average Bonchev–Trinajstić information content (AvgIpc) is 2.99. The second-order valence-electron chi connectivity index (χ2n) is 5.88. The average molecular weight is 297 g/mol. The van der Waals surface area contributed by atoms with Gasteiger partial charge in [0.2, 0.25) is 5.91 Å². The number of unbranched alkanes of at least 4 members (excludes halogenated alkanes) is 2. The van der Waals surface area contributed by atoms with Gasteiger partial charge in [0.1, 0.15) is 5.65 Å². The molecule has 2 aromatic heterocycles. The molecular formula is C18H23N3O. The van der Waals surface area contributed by atoms with Crippen LogP contribution in [0.1, 0.15) is 44.6 Å². The van der Waals surface area contributed by atoms with Crippen LogP contribution in [0.4, 0.5) is 0 Å². The molecule has 0 spiro atoms. The summed E-state index contributed by atoms with van der Waals surface area (Å²) in [5.74, 6) is 0.296. The molecule has 1 aliphatic heterocycles. The van der Waals surface area contributed by atoms with Crippen molar-refractivity contribution in [1.82, 2.24) is 14.9 Å². The van der Waals surface area contributed by atoms with Crippen LogP contribution < -0.4 is 0 Å². The molecule has 0 unspecified atom stereocenters. The molecule has 1 aliphatic rings. The summed E-state index contributed by atoms with van der Waals surface area (Å²) in [5, 5.41) is 1.16. The number of carbonyl (C=O) groups excluding carboxylic acids is 1. The van der Waals surface area contributed by atoms with Gasteiger partial charge in [0.25, 0.3) is 0 Å². The summed E-state index contributed by atoms with van der Waals surface area (Å²) in [4.78, 5) is 21.7. The number of nitrogens with one attached hydrogen (secondary N) is 1. The van der Waals surface area contributed by atoms with E-state index in [1.807, 2.05) is 17.2 Å². The highest BCUT2D eigenvalue weighted by Gasteiger charge is 2.19. The molecule has 0 atom stereocenters. The quantitative estimate of drug-likeness (QED) is 0.854. The monoisotopic (exact) mass is 297 g/mol. The number of carbonyl (C=O) groups is 1. The summed E-state index contributed by atoms with van der Waals surface area (Å²) in [7, 11) is 0. The van der Waals surface area contributed by atoms with E-state index in [0.29, 0.717) is 12.3 Å².